The maximum absolute atomic E-state index is 11.1. The van der Waals surface area contributed by atoms with E-state index in [0.717, 1.165) is 0 Å². The van der Waals surface area contributed by atoms with Crippen molar-refractivity contribution >= 4 is 5.97 Å². The standard InChI is InChI=1S/C16H14O4/c17-16(18)15(20-14-9-5-2-6-10-14)11-12-19-13-7-3-1-4-8-13/h1-11H,12H2,(H,17,18)/b15-11-. The van der Waals surface area contributed by atoms with Gasteiger partial charge in [0, 0.05) is 6.08 Å². The minimum Gasteiger partial charge on any atom is -0.489 e. The lowest BCUT2D eigenvalue weighted by atomic mass is 10.3. The van der Waals surface area contributed by atoms with Crippen molar-refractivity contribution in [2.75, 3.05) is 6.61 Å². The van der Waals surface area contributed by atoms with E-state index < -0.39 is 5.97 Å². The molecule has 0 saturated heterocycles. The van der Waals surface area contributed by atoms with Gasteiger partial charge in [-0.2, -0.15) is 0 Å². The van der Waals surface area contributed by atoms with Gasteiger partial charge in [0.1, 0.15) is 18.1 Å². The smallest absolute Gasteiger partial charge is 0.371 e. The fourth-order valence-electron chi connectivity index (χ4n) is 1.52. The molecule has 102 valence electrons. The molecule has 4 heteroatoms. The van der Waals surface area contributed by atoms with Crippen LogP contribution in [0.3, 0.4) is 0 Å². The molecule has 0 spiro atoms. The first kappa shape index (κ1) is 13.7. The van der Waals surface area contributed by atoms with Crippen molar-refractivity contribution in [2.45, 2.75) is 0 Å². The molecular weight excluding hydrogens is 256 g/mol. The second-order valence-corrected chi connectivity index (χ2v) is 3.91. The van der Waals surface area contributed by atoms with E-state index in [1.807, 2.05) is 24.3 Å². The topological polar surface area (TPSA) is 55.8 Å². The molecule has 1 N–H and O–H groups in total. The highest BCUT2D eigenvalue weighted by atomic mass is 16.5. The van der Waals surface area contributed by atoms with Crippen LogP contribution in [-0.4, -0.2) is 17.7 Å². The summed E-state index contributed by atoms with van der Waals surface area (Å²) in [6, 6.07) is 17.9. The van der Waals surface area contributed by atoms with Crippen LogP contribution in [0.1, 0.15) is 0 Å². The van der Waals surface area contributed by atoms with E-state index in [-0.39, 0.29) is 12.4 Å². The van der Waals surface area contributed by atoms with Crippen LogP contribution < -0.4 is 9.47 Å². The van der Waals surface area contributed by atoms with E-state index in [0.29, 0.717) is 11.5 Å². The van der Waals surface area contributed by atoms with Gasteiger partial charge in [-0.05, 0) is 24.3 Å². The molecule has 0 amide bonds. The summed E-state index contributed by atoms with van der Waals surface area (Å²) in [5, 5.41) is 9.08. The van der Waals surface area contributed by atoms with Gasteiger partial charge >= 0.3 is 5.97 Å². The van der Waals surface area contributed by atoms with Crippen LogP contribution in [0.15, 0.2) is 72.5 Å². The normalized spacial score (nSPS) is 10.9. The summed E-state index contributed by atoms with van der Waals surface area (Å²) in [5.41, 5.74) is 0. The number of carboxylic acids is 1. The molecule has 0 aliphatic rings. The number of benzene rings is 2. The SMILES string of the molecule is O=C(O)/C(=C/COc1ccccc1)Oc1ccccc1. The van der Waals surface area contributed by atoms with E-state index in [1.165, 1.54) is 6.08 Å². The Morgan fingerprint density at radius 2 is 1.50 bits per heavy atom. The lowest BCUT2D eigenvalue weighted by Gasteiger charge is -2.07. The summed E-state index contributed by atoms with van der Waals surface area (Å²) in [4.78, 5) is 11.1. The van der Waals surface area contributed by atoms with E-state index in [4.69, 9.17) is 14.6 Å². The first-order valence-corrected chi connectivity index (χ1v) is 6.10. The Morgan fingerprint density at radius 1 is 0.950 bits per heavy atom. The average Bonchev–Trinajstić information content (AvgIpc) is 2.48. The van der Waals surface area contributed by atoms with Crippen LogP contribution in [0.4, 0.5) is 0 Å². The van der Waals surface area contributed by atoms with Crippen LogP contribution in [-0.2, 0) is 4.79 Å². The summed E-state index contributed by atoms with van der Waals surface area (Å²) >= 11 is 0. The van der Waals surface area contributed by atoms with Crippen molar-refractivity contribution in [1.82, 2.24) is 0 Å². The van der Waals surface area contributed by atoms with E-state index >= 15 is 0 Å². The Balaban J connectivity index is 1.98. The molecule has 0 radical (unpaired) electrons. The number of hydrogen-bond donors (Lipinski definition) is 1. The van der Waals surface area contributed by atoms with Crippen molar-refractivity contribution in [3.63, 3.8) is 0 Å². The first-order chi connectivity index (χ1) is 9.75. The molecule has 0 aliphatic heterocycles. The number of hydrogen-bond acceptors (Lipinski definition) is 3. The molecule has 2 rings (SSSR count). The zero-order chi connectivity index (χ0) is 14.2. The Hall–Kier alpha value is -2.75. The minimum absolute atomic E-state index is 0.123. The molecule has 0 aromatic heterocycles. The summed E-state index contributed by atoms with van der Waals surface area (Å²) in [6.45, 7) is 0.123. The van der Waals surface area contributed by atoms with E-state index in [9.17, 15) is 4.79 Å². The van der Waals surface area contributed by atoms with Gasteiger partial charge in [0.05, 0.1) is 0 Å². The molecule has 0 saturated carbocycles. The summed E-state index contributed by atoms with van der Waals surface area (Å²) in [6.07, 6.45) is 1.39. The third kappa shape index (κ3) is 4.17. The van der Waals surface area contributed by atoms with Gasteiger partial charge < -0.3 is 14.6 Å². The van der Waals surface area contributed by atoms with Gasteiger partial charge in [0.25, 0.3) is 0 Å². The first-order valence-electron chi connectivity index (χ1n) is 6.10. The number of aliphatic carboxylic acids is 1. The number of para-hydroxylation sites is 2. The van der Waals surface area contributed by atoms with Gasteiger partial charge in [-0.15, -0.1) is 0 Å². The number of rotatable bonds is 6. The molecule has 0 aliphatic carbocycles. The maximum Gasteiger partial charge on any atom is 0.371 e. The molecule has 0 heterocycles. The van der Waals surface area contributed by atoms with Crippen LogP contribution in [0.25, 0.3) is 0 Å². The third-order valence-corrected chi connectivity index (χ3v) is 2.44. The molecule has 4 nitrogen and oxygen atoms in total. The van der Waals surface area contributed by atoms with Crippen molar-refractivity contribution in [3.8, 4) is 11.5 Å². The van der Waals surface area contributed by atoms with Crippen LogP contribution in [0, 0.1) is 0 Å². The molecule has 0 fully saturated rings. The maximum atomic E-state index is 11.1. The van der Waals surface area contributed by atoms with Crippen molar-refractivity contribution < 1.29 is 19.4 Å². The lowest BCUT2D eigenvalue weighted by molar-refractivity contribution is -0.135. The van der Waals surface area contributed by atoms with Crippen molar-refractivity contribution in [3.05, 3.63) is 72.5 Å². The second-order valence-electron chi connectivity index (χ2n) is 3.91. The molecule has 20 heavy (non-hydrogen) atoms. The zero-order valence-corrected chi connectivity index (χ0v) is 10.7. The fourth-order valence-corrected chi connectivity index (χ4v) is 1.52. The highest BCUT2D eigenvalue weighted by Gasteiger charge is 2.09. The van der Waals surface area contributed by atoms with E-state index in [1.54, 1.807) is 36.4 Å². The van der Waals surface area contributed by atoms with Crippen molar-refractivity contribution in [2.24, 2.45) is 0 Å². The van der Waals surface area contributed by atoms with Gasteiger partial charge in [0.2, 0.25) is 5.76 Å². The van der Waals surface area contributed by atoms with Gasteiger partial charge in [-0.3, -0.25) is 0 Å². The average molecular weight is 270 g/mol. The largest absolute Gasteiger partial charge is 0.489 e. The Labute approximate surface area is 116 Å². The minimum atomic E-state index is -1.13. The summed E-state index contributed by atoms with van der Waals surface area (Å²) in [7, 11) is 0. The van der Waals surface area contributed by atoms with Crippen LogP contribution in [0.2, 0.25) is 0 Å². The summed E-state index contributed by atoms with van der Waals surface area (Å²) < 4.78 is 10.7. The van der Waals surface area contributed by atoms with Gasteiger partial charge in [-0.25, -0.2) is 4.79 Å². The quantitative estimate of drug-likeness (QED) is 0.647. The Morgan fingerprint density at radius 3 is 2.05 bits per heavy atom. The molecule has 2 aromatic carbocycles. The predicted octanol–water partition coefficient (Wildman–Crippen LogP) is 3.11. The number of carbonyl (C=O) groups is 1. The fraction of sp³-hybridized carbons (Fsp3) is 0.0625. The Bertz CT molecular complexity index is 576. The van der Waals surface area contributed by atoms with Crippen LogP contribution in [0.5, 0.6) is 11.5 Å². The Kier molecular flexibility index (Phi) is 4.78. The third-order valence-electron chi connectivity index (χ3n) is 2.44. The van der Waals surface area contributed by atoms with Crippen molar-refractivity contribution in [1.29, 1.82) is 0 Å². The number of carboxylic acid groups (broad SMARTS) is 1. The highest BCUT2D eigenvalue weighted by Crippen LogP contribution is 2.13. The molecule has 0 bridgehead atoms. The zero-order valence-electron chi connectivity index (χ0n) is 10.7. The molecule has 0 unspecified atom stereocenters. The van der Waals surface area contributed by atoms with Gasteiger partial charge in [-0.1, -0.05) is 36.4 Å². The highest BCUT2D eigenvalue weighted by molar-refractivity contribution is 5.84. The molecule has 0 atom stereocenters. The molecule has 2 aromatic rings. The van der Waals surface area contributed by atoms with Gasteiger partial charge in [0.15, 0.2) is 0 Å². The monoisotopic (exact) mass is 270 g/mol. The van der Waals surface area contributed by atoms with Crippen LogP contribution >= 0.6 is 0 Å². The second kappa shape index (κ2) is 6.99. The predicted molar refractivity (Wildman–Crippen MR) is 74.7 cm³/mol. The molecular formula is C16H14O4. The summed E-state index contributed by atoms with van der Waals surface area (Å²) in [5.74, 6) is -0.147. The lowest BCUT2D eigenvalue weighted by Crippen LogP contribution is -2.09. The number of ether oxygens (including phenoxy) is 2. The van der Waals surface area contributed by atoms with E-state index in [2.05, 4.69) is 0 Å².